The molecule has 0 atom stereocenters. The number of benzene rings is 6. The van der Waals surface area contributed by atoms with Crippen molar-refractivity contribution in [3.05, 3.63) is 127 Å². The van der Waals surface area contributed by atoms with Gasteiger partial charge in [-0.15, -0.1) is 0 Å². The molecule has 0 unspecified atom stereocenters. The van der Waals surface area contributed by atoms with Gasteiger partial charge < -0.3 is 9.13 Å². The third-order valence-electron chi connectivity index (χ3n) is 9.11. The summed E-state index contributed by atoms with van der Waals surface area (Å²) < 4.78 is 5.06. The molecular formula is C36H21BN2. The molecule has 3 heteroatoms. The highest BCUT2D eigenvalue weighted by Crippen LogP contribution is 2.40. The molecule has 2 aliphatic heterocycles. The van der Waals surface area contributed by atoms with Gasteiger partial charge in [-0.2, -0.15) is 0 Å². The van der Waals surface area contributed by atoms with E-state index in [-0.39, 0.29) is 6.71 Å². The van der Waals surface area contributed by atoms with Crippen LogP contribution in [0.3, 0.4) is 0 Å². The summed E-state index contributed by atoms with van der Waals surface area (Å²) in [5.74, 6) is 0. The van der Waals surface area contributed by atoms with Crippen LogP contribution in [0.15, 0.2) is 127 Å². The van der Waals surface area contributed by atoms with Crippen LogP contribution in [0.5, 0.6) is 0 Å². The van der Waals surface area contributed by atoms with Crippen LogP contribution in [-0.2, 0) is 0 Å². The maximum atomic E-state index is 2.54. The predicted molar refractivity (Wildman–Crippen MR) is 165 cm³/mol. The van der Waals surface area contributed by atoms with Crippen molar-refractivity contribution >= 4 is 66.7 Å². The van der Waals surface area contributed by atoms with Gasteiger partial charge in [-0.05, 0) is 51.8 Å². The molecule has 10 rings (SSSR count). The molecule has 0 aliphatic carbocycles. The smallest absolute Gasteiger partial charge is 0.252 e. The number of fused-ring (bicyclic) bond motifs is 11. The zero-order valence-electron chi connectivity index (χ0n) is 21.1. The summed E-state index contributed by atoms with van der Waals surface area (Å²) in [7, 11) is 0. The van der Waals surface area contributed by atoms with Gasteiger partial charge in [0, 0.05) is 38.4 Å². The molecule has 178 valence electrons. The lowest BCUT2D eigenvalue weighted by Gasteiger charge is -2.33. The second-order valence-electron chi connectivity index (χ2n) is 10.9. The number of nitrogens with zero attached hydrogens (tertiary/aromatic N) is 2. The number of hydrogen-bond acceptors (Lipinski definition) is 0. The lowest BCUT2D eigenvalue weighted by Crippen LogP contribution is -2.59. The Kier molecular flexibility index (Phi) is 3.54. The van der Waals surface area contributed by atoms with E-state index < -0.39 is 0 Å². The van der Waals surface area contributed by atoms with Gasteiger partial charge in [-0.3, -0.25) is 0 Å². The maximum absolute atomic E-state index is 2.54. The highest BCUT2D eigenvalue weighted by Gasteiger charge is 2.40. The fourth-order valence-corrected chi connectivity index (χ4v) is 7.60. The van der Waals surface area contributed by atoms with Crippen LogP contribution in [-0.4, -0.2) is 15.8 Å². The number of aromatic nitrogens is 2. The van der Waals surface area contributed by atoms with E-state index in [2.05, 4.69) is 137 Å². The molecule has 2 aromatic heterocycles. The van der Waals surface area contributed by atoms with Crippen molar-refractivity contribution in [1.82, 2.24) is 9.13 Å². The van der Waals surface area contributed by atoms with Gasteiger partial charge in [0.15, 0.2) is 0 Å². The van der Waals surface area contributed by atoms with Crippen molar-refractivity contribution in [2.24, 2.45) is 0 Å². The molecule has 0 saturated heterocycles. The molecule has 0 radical (unpaired) electrons. The van der Waals surface area contributed by atoms with E-state index in [0.29, 0.717) is 0 Å². The van der Waals surface area contributed by atoms with Crippen LogP contribution in [0, 0.1) is 0 Å². The summed E-state index contributed by atoms with van der Waals surface area (Å²) in [6.45, 7) is 0.200. The molecule has 0 spiro atoms. The van der Waals surface area contributed by atoms with Crippen molar-refractivity contribution < 1.29 is 0 Å². The van der Waals surface area contributed by atoms with Gasteiger partial charge in [0.25, 0.3) is 6.71 Å². The highest BCUT2D eigenvalue weighted by atomic mass is 15.0. The molecule has 4 heterocycles. The summed E-state index contributed by atoms with van der Waals surface area (Å²) in [5, 5.41) is 5.30. The summed E-state index contributed by atoms with van der Waals surface area (Å²) in [6, 6.07) is 47.2. The molecule has 0 amide bonds. The van der Waals surface area contributed by atoms with E-state index in [1.54, 1.807) is 0 Å². The Morgan fingerprint density at radius 2 is 1.10 bits per heavy atom. The van der Waals surface area contributed by atoms with E-state index in [1.807, 2.05) is 0 Å². The van der Waals surface area contributed by atoms with Gasteiger partial charge in [0.05, 0.1) is 16.6 Å². The molecule has 2 aliphatic rings. The Hall–Kier alpha value is -5.02. The molecule has 0 N–H and O–H groups in total. The lowest BCUT2D eigenvalue weighted by molar-refractivity contribution is 1.16. The Labute approximate surface area is 225 Å². The molecule has 6 aromatic carbocycles. The van der Waals surface area contributed by atoms with E-state index in [9.17, 15) is 0 Å². The van der Waals surface area contributed by atoms with E-state index >= 15 is 0 Å². The topological polar surface area (TPSA) is 9.86 Å². The fourth-order valence-electron chi connectivity index (χ4n) is 7.60. The predicted octanol–water partition coefficient (Wildman–Crippen LogP) is 6.69. The minimum Gasteiger partial charge on any atom is -0.310 e. The van der Waals surface area contributed by atoms with Crippen molar-refractivity contribution in [3.63, 3.8) is 0 Å². The van der Waals surface area contributed by atoms with Crippen LogP contribution in [0.25, 0.3) is 66.1 Å². The second-order valence-corrected chi connectivity index (χ2v) is 10.9. The quantitative estimate of drug-likeness (QED) is 0.226. The first-order valence-corrected chi connectivity index (χ1v) is 13.7. The average Bonchev–Trinajstić information content (AvgIpc) is 3.52. The van der Waals surface area contributed by atoms with E-state index in [0.717, 1.165) is 0 Å². The molecular weight excluding hydrogens is 471 g/mol. The van der Waals surface area contributed by atoms with Crippen molar-refractivity contribution in [2.45, 2.75) is 0 Å². The van der Waals surface area contributed by atoms with Gasteiger partial charge in [-0.1, -0.05) is 103 Å². The third-order valence-corrected chi connectivity index (χ3v) is 9.11. The SMILES string of the molecule is c1ccc(-c2ccc3c4ccc5c6c4n(c3c2)-c2ccccc2B6c2cccc3c4ccccc4n-5c23)cc1. The lowest BCUT2D eigenvalue weighted by atomic mass is 9.34. The Morgan fingerprint density at radius 1 is 0.410 bits per heavy atom. The summed E-state index contributed by atoms with van der Waals surface area (Å²) >= 11 is 0. The highest BCUT2D eigenvalue weighted by molar-refractivity contribution is 7.00. The zero-order valence-corrected chi connectivity index (χ0v) is 21.1. The molecule has 0 saturated carbocycles. The second kappa shape index (κ2) is 6.89. The molecule has 2 nitrogen and oxygen atoms in total. The van der Waals surface area contributed by atoms with Gasteiger partial charge in [-0.25, -0.2) is 0 Å². The Morgan fingerprint density at radius 3 is 2.05 bits per heavy atom. The van der Waals surface area contributed by atoms with Crippen molar-refractivity contribution in [3.8, 4) is 22.5 Å². The number of hydrogen-bond donors (Lipinski definition) is 0. The third kappa shape index (κ3) is 2.31. The summed E-state index contributed by atoms with van der Waals surface area (Å²) in [6.07, 6.45) is 0. The standard InChI is InChI=1S/C36H21BN2/c1-2-9-22(10-3-1)23-17-18-25-27-19-20-32-34-36(27)39(33(25)21-23)31-16-7-5-13-28(31)37(34)29-14-8-12-26-24-11-4-6-15-30(24)38(32)35(26)29/h1-21H. The van der Waals surface area contributed by atoms with E-state index in [4.69, 9.17) is 0 Å². The largest absolute Gasteiger partial charge is 0.310 e. The van der Waals surface area contributed by atoms with Gasteiger partial charge >= 0.3 is 0 Å². The van der Waals surface area contributed by atoms with Gasteiger partial charge in [0.1, 0.15) is 0 Å². The van der Waals surface area contributed by atoms with Crippen LogP contribution in [0.1, 0.15) is 0 Å². The number of para-hydroxylation sites is 3. The van der Waals surface area contributed by atoms with Crippen LogP contribution >= 0.6 is 0 Å². The maximum Gasteiger partial charge on any atom is 0.252 e. The van der Waals surface area contributed by atoms with Crippen molar-refractivity contribution in [2.75, 3.05) is 0 Å². The average molecular weight is 492 g/mol. The Bertz CT molecular complexity index is 2340. The minimum absolute atomic E-state index is 0.200. The van der Waals surface area contributed by atoms with Crippen LogP contribution in [0.4, 0.5) is 0 Å². The Balaban J connectivity index is 1.43. The minimum atomic E-state index is 0.200. The molecule has 0 fully saturated rings. The van der Waals surface area contributed by atoms with E-state index in [1.165, 1.54) is 82.5 Å². The van der Waals surface area contributed by atoms with Crippen LogP contribution in [0.2, 0.25) is 0 Å². The zero-order chi connectivity index (χ0) is 25.2. The monoisotopic (exact) mass is 492 g/mol. The van der Waals surface area contributed by atoms with Crippen LogP contribution < -0.4 is 16.4 Å². The first-order chi connectivity index (χ1) is 19.4. The normalized spacial score (nSPS) is 13.1. The van der Waals surface area contributed by atoms with Gasteiger partial charge in [0.2, 0.25) is 0 Å². The molecule has 0 bridgehead atoms. The number of rotatable bonds is 1. The fraction of sp³-hybridized carbons (Fsp3) is 0. The summed E-state index contributed by atoms with van der Waals surface area (Å²) in [4.78, 5) is 0. The first-order valence-electron chi connectivity index (χ1n) is 13.7. The summed E-state index contributed by atoms with van der Waals surface area (Å²) in [5.41, 5.74) is 14.5. The van der Waals surface area contributed by atoms with Crippen molar-refractivity contribution in [1.29, 1.82) is 0 Å². The first kappa shape index (κ1) is 20.0. The molecule has 8 aromatic rings. The molecule has 39 heavy (non-hydrogen) atoms.